The van der Waals surface area contributed by atoms with E-state index < -0.39 is 0 Å². The third-order valence-corrected chi connectivity index (χ3v) is 6.98. The molecule has 32 heavy (non-hydrogen) atoms. The van der Waals surface area contributed by atoms with Gasteiger partial charge < -0.3 is 10.2 Å². The van der Waals surface area contributed by atoms with Crippen LogP contribution in [0.2, 0.25) is 0 Å². The number of benzene rings is 1. The third kappa shape index (κ3) is 7.34. The van der Waals surface area contributed by atoms with E-state index in [2.05, 4.69) is 27.3 Å². The highest BCUT2D eigenvalue weighted by molar-refractivity contribution is 5.96. The van der Waals surface area contributed by atoms with Gasteiger partial charge in [-0.15, -0.1) is 0 Å². The van der Waals surface area contributed by atoms with Crippen molar-refractivity contribution >= 4 is 17.4 Å². The maximum Gasteiger partial charge on any atom is 0.220 e. The zero-order valence-corrected chi connectivity index (χ0v) is 19.5. The Bertz CT molecular complexity index is 787. The van der Waals surface area contributed by atoms with Gasteiger partial charge in [0, 0.05) is 62.7 Å². The molecule has 1 aliphatic heterocycles. The average Bonchev–Trinajstić information content (AvgIpc) is 2.83. The van der Waals surface area contributed by atoms with Gasteiger partial charge in [0.25, 0.3) is 0 Å². The number of nitrogens with zero attached hydrogens (tertiary/aromatic N) is 3. The lowest BCUT2D eigenvalue weighted by Gasteiger charge is -2.37. The number of piperazine rings is 1. The van der Waals surface area contributed by atoms with Gasteiger partial charge >= 0.3 is 0 Å². The molecule has 1 saturated heterocycles. The van der Waals surface area contributed by atoms with Crippen molar-refractivity contribution in [3.63, 3.8) is 0 Å². The smallest absolute Gasteiger partial charge is 0.220 e. The molecule has 174 valence electrons. The number of carbonyl (C=O) groups is 2. The summed E-state index contributed by atoms with van der Waals surface area (Å²) in [6.45, 7) is 7.22. The molecule has 0 aromatic heterocycles. The fourth-order valence-corrected chi connectivity index (χ4v) is 4.90. The minimum atomic E-state index is 0.103. The molecule has 3 rings (SSSR count). The SMILES string of the molecule is CCC(=O)c1cccc(N2CCN(CC[C@H]3CC[C@H](NC(=O)CCCC#N)CC3)CC2)c1. The molecule has 1 aromatic rings. The molecule has 6 heteroatoms. The molecule has 2 aliphatic rings. The topological polar surface area (TPSA) is 76.4 Å². The molecule has 1 N–H and O–H groups in total. The summed E-state index contributed by atoms with van der Waals surface area (Å²) < 4.78 is 0. The first-order chi connectivity index (χ1) is 15.6. The van der Waals surface area contributed by atoms with E-state index >= 15 is 0 Å². The number of hydrogen-bond acceptors (Lipinski definition) is 5. The van der Waals surface area contributed by atoms with Crippen molar-refractivity contribution in [1.82, 2.24) is 10.2 Å². The van der Waals surface area contributed by atoms with Crippen LogP contribution in [0, 0.1) is 17.2 Å². The van der Waals surface area contributed by atoms with Gasteiger partial charge in [-0.2, -0.15) is 5.26 Å². The lowest BCUT2D eigenvalue weighted by atomic mass is 9.84. The molecule has 1 aliphatic carbocycles. The fraction of sp³-hybridized carbons (Fsp3) is 0.654. The minimum absolute atomic E-state index is 0.103. The molecule has 1 aromatic carbocycles. The number of rotatable bonds is 10. The summed E-state index contributed by atoms with van der Waals surface area (Å²) in [6, 6.07) is 10.5. The second-order valence-corrected chi connectivity index (χ2v) is 9.24. The van der Waals surface area contributed by atoms with Crippen LogP contribution in [-0.2, 0) is 4.79 Å². The zero-order valence-electron chi connectivity index (χ0n) is 19.5. The van der Waals surface area contributed by atoms with Gasteiger partial charge in [0.05, 0.1) is 6.07 Å². The molecule has 0 atom stereocenters. The lowest BCUT2D eigenvalue weighted by molar-refractivity contribution is -0.122. The van der Waals surface area contributed by atoms with Crippen LogP contribution in [-0.4, -0.2) is 55.4 Å². The van der Waals surface area contributed by atoms with E-state index in [9.17, 15) is 9.59 Å². The van der Waals surface area contributed by atoms with Gasteiger partial charge in [-0.05, 0) is 63.1 Å². The number of Topliss-reactive ketones (excluding diaryl/α,β-unsaturated/α-hetero) is 1. The third-order valence-electron chi connectivity index (χ3n) is 6.98. The Hall–Kier alpha value is -2.39. The maximum atomic E-state index is 12.0. The first kappa shape index (κ1) is 24.3. The Morgan fingerprint density at radius 1 is 1.12 bits per heavy atom. The van der Waals surface area contributed by atoms with Crippen molar-refractivity contribution in [2.45, 2.75) is 70.8 Å². The second-order valence-electron chi connectivity index (χ2n) is 9.24. The molecular weight excluding hydrogens is 400 g/mol. The number of hydrogen-bond donors (Lipinski definition) is 1. The van der Waals surface area contributed by atoms with E-state index in [-0.39, 0.29) is 11.7 Å². The standard InChI is InChI=1S/C26H38N4O2/c1-2-25(31)22-6-5-7-24(20-22)30-18-16-29(17-19-30)15-13-21-9-11-23(12-10-21)28-26(32)8-3-4-14-27/h5-7,20-21,23H,2-4,8-13,15-19H2,1H3,(H,28,32)/t21-,23-. The van der Waals surface area contributed by atoms with Gasteiger partial charge in [-0.25, -0.2) is 0 Å². The van der Waals surface area contributed by atoms with Crippen molar-refractivity contribution in [3.05, 3.63) is 29.8 Å². The van der Waals surface area contributed by atoms with E-state index in [1.54, 1.807) is 0 Å². The second kappa shape index (κ2) is 12.6. The lowest BCUT2D eigenvalue weighted by Crippen LogP contribution is -2.47. The van der Waals surface area contributed by atoms with Gasteiger partial charge in [0.15, 0.2) is 5.78 Å². The molecule has 0 radical (unpaired) electrons. The van der Waals surface area contributed by atoms with Crippen molar-refractivity contribution in [1.29, 1.82) is 5.26 Å². The highest BCUT2D eigenvalue weighted by Gasteiger charge is 2.24. The summed E-state index contributed by atoms with van der Waals surface area (Å²) in [7, 11) is 0. The molecule has 0 unspecified atom stereocenters. The number of ketones is 1. The number of anilines is 1. The molecule has 0 bridgehead atoms. The largest absolute Gasteiger partial charge is 0.369 e. The Labute approximate surface area is 193 Å². The first-order valence-electron chi connectivity index (χ1n) is 12.4. The van der Waals surface area contributed by atoms with Crippen LogP contribution in [0.1, 0.15) is 75.1 Å². The van der Waals surface area contributed by atoms with Crippen molar-refractivity contribution in [3.8, 4) is 6.07 Å². The number of nitriles is 1. The molecule has 0 spiro atoms. The predicted molar refractivity (Wildman–Crippen MR) is 128 cm³/mol. The summed E-state index contributed by atoms with van der Waals surface area (Å²) >= 11 is 0. The fourth-order valence-electron chi connectivity index (χ4n) is 4.90. The molecule has 2 fully saturated rings. The summed E-state index contributed by atoms with van der Waals surface area (Å²) in [5.74, 6) is 1.07. The average molecular weight is 439 g/mol. The van der Waals surface area contributed by atoms with Gasteiger partial charge in [0.1, 0.15) is 0 Å². The molecule has 1 amide bonds. The van der Waals surface area contributed by atoms with E-state index in [0.29, 0.717) is 31.7 Å². The van der Waals surface area contributed by atoms with E-state index in [0.717, 1.165) is 62.7 Å². The zero-order chi connectivity index (χ0) is 22.8. The summed E-state index contributed by atoms with van der Waals surface area (Å²) in [5.41, 5.74) is 1.98. The maximum absolute atomic E-state index is 12.0. The van der Waals surface area contributed by atoms with Crippen LogP contribution in [0.5, 0.6) is 0 Å². The van der Waals surface area contributed by atoms with E-state index in [1.165, 1.54) is 19.3 Å². The van der Waals surface area contributed by atoms with Crippen LogP contribution >= 0.6 is 0 Å². The number of carbonyl (C=O) groups excluding carboxylic acids is 2. The predicted octanol–water partition coefficient (Wildman–Crippen LogP) is 4.16. The number of unbranched alkanes of at least 4 members (excludes halogenated alkanes) is 1. The highest BCUT2D eigenvalue weighted by atomic mass is 16.1. The Balaban J connectivity index is 1.33. The Morgan fingerprint density at radius 2 is 1.88 bits per heavy atom. The van der Waals surface area contributed by atoms with Crippen LogP contribution in [0.25, 0.3) is 0 Å². The van der Waals surface area contributed by atoms with Crippen LogP contribution in [0.15, 0.2) is 24.3 Å². The summed E-state index contributed by atoms with van der Waals surface area (Å²) in [6.07, 6.45) is 7.93. The van der Waals surface area contributed by atoms with Crippen molar-refractivity contribution in [2.24, 2.45) is 5.92 Å². The minimum Gasteiger partial charge on any atom is -0.369 e. The molecule has 1 heterocycles. The van der Waals surface area contributed by atoms with Gasteiger partial charge in [0.2, 0.25) is 5.91 Å². The van der Waals surface area contributed by atoms with Crippen LogP contribution in [0.4, 0.5) is 5.69 Å². The summed E-state index contributed by atoms with van der Waals surface area (Å²) in [5, 5.41) is 11.7. The normalized spacial score (nSPS) is 21.7. The van der Waals surface area contributed by atoms with E-state index in [4.69, 9.17) is 5.26 Å². The first-order valence-corrected chi connectivity index (χ1v) is 12.4. The van der Waals surface area contributed by atoms with Crippen LogP contribution in [0.3, 0.4) is 0 Å². The Kier molecular flexibility index (Phi) is 9.55. The van der Waals surface area contributed by atoms with Gasteiger partial charge in [-0.1, -0.05) is 19.1 Å². The van der Waals surface area contributed by atoms with Crippen molar-refractivity contribution < 1.29 is 9.59 Å². The Morgan fingerprint density at radius 3 is 2.56 bits per heavy atom. The molecular formula is C26H38N4O2. The number of amides is 1. The van der Waals surface area contributed by atoms with Crippen molar-refractivity contribution in [2.75, 3.05) is 37.6 Å². The number of nitrogens with one attached hydrogen (secondary N) is 1. The molecule has 1 saturated carbocycles. The monoisotopic (exact) mass is 438 g/mol. The highest BCUT2D eigenvalue weighted by Crippen LogP contribution is 2.27. The van der Waals surface area contributed by atoms with Crippen LogP contribution < -0.4 is 10.2 Å². The van der Waals surface area contributed by atoms with E-state index in [1.807, 2.05) is 25.1 Å². The quantitative estimate of drug-likeness (QED) is 0.438. The summed E-state index contributed by atoms with van der Waals surface area (Å²) in [4.78, 5) is 28.9. The van der Waals surface area contributed by atoms with Gasteiger partial charge in [-0.3, -0.25) is 14.5 Å². The molecule has 6 nitrogen and oxygen atoms in total.